The van der Waals surface area contributed by atoms with E-state index in [0.29, 0.717) is 18.7 Å². The average molecular weight is 263 g/mol. The molecule has 3 aliphatic rings. The van der Waals surface area contributed by atoms with Crippen LogP contribution in [-0.2, 0) is 9.59 Å². The number of hydrogen-bond acceptors (Lipinski definition) is 3. The summed E-state index contributed by atoms with van der Waals surface area (Å²) in [4.78, 5) is 28.9. The zero-order chi connectivity index (χ0) is 13.5. The van der Waals surface area contributed by atoms with E-state index in [0.717, 1.165) is 44.9 Å². The van der Waals surface area contributed by atoms with E-state index in [-0.39, 0.29) is 11.8 Å². The maximum atomic E-state index is 12.4. The Morgan fingerprint density at radius 1 is 0.947 bits per heavy atom. The van der Waals surface area contributed by atoms with Crippen molar-refractivity contribution in [3.05, 3.63) is 0 Å². The van der Waals surface area contributed by atoms with E-state index in [1.807, 2.05) is 0 Å². The molecule has 1 aliphatic heterocycles. The topological polar surface area (TPSA) is 84.5 Å². The fourth-order valence-electron chi connectivity index (χ4n) is 3.64. The Kier molecular flexibility index (Phi) is 2.96. The van der Waals surface area contributed by atoms with E-state index < -0.39 is 11.0 Å². The van der Waals surface area contributed by atoms with Crippen molar-refractivity contribution < 1.29 is 9.59 Å². The van der Waals surface area contributed by atoms with Crippen molar-refractivity contribution in [2.45, 2.75) is 63.3 Å². The molecule has 0 atom stereocenters. The minimum atomic E-state index is -0.880. The molecule has 0 unspecified atom stereocenters. The van der Waals surface area contributed by atoms with Crippen LogP contribution in [-0.4, -0.2) is 23.2 Å². The number of hydrogen-bond donors (Lipinski definition) is 2. The molecule has 2 amide bonds. The van der Waals surface area contributed by atoms with E-state index in [9.17, 15) is 9.59 Å². The molecule has 2 saturated carbocycles. The van der Waals surface area contributed by atoms with Crippen molar-refractivity contribution in [1.82, 2.24) is 5.32 Å². The van der Waals surface area contributed by atoms with E-state index in [4.69, 9.17) is 5.73 Å². The molecule has 0 aromatic heterocycles. The van der Waals surface area contributed by atoms with Gasteiger partial charge in [0.05, 0.1) is 5.54 Å². The molecule has 19 heavy (non-hydrogen) atoms. The predicted octanol–water partition coefficient (Wildman–Crippen LogP) is 1.26. The van der Waals surface area contributed by atoms with Gasteiger partial charge in [-0.25, -0.2) is 0 Å². The summed E-state index contributed by atoms with van der Waals surface area (Å²) < 4.78 is 0. The Balaban J connectivity index is 1.89. The molecule has 1 spiro atoms. The van der Waals surface area contributed by atoms with Crippen LogP contribution in [0.4, 0.5) is 0 Å². The fourth-order valence-corrected chi connectivity index (χ4v) is 3.64. The monoisotopic (exact) mass is 263 g/mol. The first-order valence-corrected chi connectivity index (χ1v) is 7.31. The summed E-state index contributed by atoms with van der Waals surface area (Å²) in [6.45, 7) is 0. The van der Waals surface area contributed by atoms with Crippen molar-refractivity contribution in [3.63, 3.8) is 0 Å². The zero-order valence-electron chi connectivity index (χ0n) is 11.2. The van der Waals surface area contributed by atoms with Crippen LogP contribution < -0.4 is 11.1 Å². The number of amidine groups is 1. The van der Waals surface area contributed by atoms with Crippen LogP contribution in [0.5, 0.6) is 0 Å². The third-order valence-corrected chi connectivity index (χ3v) is 4.96. The van der Waals surface area contributed by atoms with Gasteiger partial charge in [0.2, 0.25) is 5.91 Å². The van der Waals surface area contributed by atoms with E-state index in [1.165, 1.54) is 0 Å². The Morgan fingerprint density at radius 3 is 2.11 bits per heavy atom. The number of aliphatic imine (C=N–C) groups is 1. The smallest absolute Gasteiger partial charge is 0.263 e. The lowest BCUT2D eigenvalue weighted by Gasteiger charge is -2.38. The summed E-state index contributed by atoms with van der Waals surface area (Å²) >= 11 is 0. The van der Waals surface area contributed by atoms with Crippen molar-refractivity contribution in [3.8, 4) is 0 Å². The quantitative estimate of drug-likeness (QED) is 0.698. The molecule has 5 heteroatoms. The summed E-state index contributed by atoms with van der Waals surface area (Å²) in [5, 5.41) is 2.86. The maximum Gasteiger partial charge on any atom is 0.263 e. The molecule has 0 saturated heterocycles. The molecule has 0 aromatic carbocycles. The highest BCUT2D eigenvalue weighted by atomic mass is 16.2. The Morgan fingerprint density at radius 2 is 1.53 bits per heavy atom. The standard InChI is InChI=1S/C14H21N3O2/c15-14(8-2-1-3-9-14)10-16-11(18)13(12(19)17-10)6-4-5-7-13/h1-9,15H2,(H,16,17,18,19). The number of nitrogens with two attached hydrogens (primary N) is 1. The largest absolute Gasteiger partial charge is 0.319 e. The van der Waals surface area contributed by atoms with Gasteiger partial charge in [0.1, 0.15) is 11.3 Å². The Labute approximate surface area is 113 Å². The second kappa shape index (κ2) is 4.40. The number of nitrogens with one attached hydrogen (secondary N) is 1. The molecular formula is C14H21N3O2. The molecule has 1 heterocycles. The number of carbonyl (C=O) groups is 2. The maximum absolute atomic E-state index is 12.4. The first-order valence-electron chi connectivity index (χ1n) is 7.31. The van der Waals surface area contributed by atoms with Crippen LogP contribution in [0.2, 0.25) is 0 Å². The van der Waals surface area contributed by atoms with E-state index >= 15 is 0 Å². The molecule has 0 radical (unpaired) electrons. The summed E-state index contributed by atoms with van der Waals surface area (Å²) in [6.07, 6.45) is 7.94. The molecule has 2 fully saturated rings. The first-order chi connectivity index (χ1) is 9.07. The minimum Gasteiger partial charge on any atom is -0.319 e. The van der Waals surface area contributed by atoms with Gasteiger partial charge in [-0.05, 0) is 25.7 Å². The van der Waals surface area contributed by atoms with Gasteiger partial charge in [-0.15, -0.1) is 0 Å². The van der Waals surface area contributed by atoms with Crippen LogP contribution >= 0.6 is 0 Å². The third kappa shape index (κ3) is 1.91. The van der Waals surface area contributed by atoms with Gasteiger partial charge in [0.15, 0.2) is 0 Å². The summed E-state index contributed by atoms with van der Waals surface area (Å²) in [6, 6.07) is 0. The number of amides is 2. The number of nitrogens with zero attached hydrogens (tertiary/aromatic N) is 1. The molecule has 5 nitrogen and oxygen atoms in total. The second-order valence-electron chi connectivity index (χ2n) is 6.23. The highest BCUT2D eigenvalue weighted by Gasteiger charge is 2.52. The van der Waals surface area contributed by atoms with E-state index in [2.05, 4.69) is 10.3 Å². The van der Waals surface area contributed by atoms with Gasteiger partial charge >= 0.3 is 0 Å². The van der Waals surface area contributed by atoms with Gasteiger partial charge in [-0.2, -0.15) is 4.99 Å². The zero-order valence-corrected chi connectivity index (χ0v) is 11.2. The van der Waals surface area contributed by atoms with E-state index in [1.54, 1.807) is 0 Å². The molecule has 0 bridgehead atoms. The lowest BCUT2D eigenvalue weighted by Crippen LogP contribution is -2.62. The molecule has 2 aliphatic carbocycles. The number of rotatable bonds is 1. The van der Waals surface area contributed by atoms with Crippen molar-refractivity contribution >= 4 is 17.6 Å². The third-order valence-electron chi connectivity index (χ3n) is 4.96. The highest BCUT2D eigenvalue weighted by molar-refractivity contribution is 6.20. The average Bonchev–Trinajstić information content (AvgIpc) is 2.87. The van der Waals surface area contributed by atoms with Crippen LogP contribution in [0.3, 0.4) is 0 Å². The summed E-state index contributed by atoms with van der Waals surface area (Å²) in [5.41, 5.74) is 4.86. The van der Waals surface area contributed by atoms with Gasteiger partial charge < -0.3 is 11.1 Å². The van der Waals surface area contributed by atoms with Gasteiger partial charge in [-0.3, -0.25) is 9.59 Å². The highest BCUT2D eigenvalue weighted by Crippen LogP contribution is 2.41. The normalized spacial score (nSPS) is 29.2. The second-order valence-corrected chi connectivity index (χ2v) is 6.23. The molecular weight excluding hydrogens is 242 g/mol. The van der Waals surface area contributed by atoms with Crippen LogP contribution in [0.15, 0.2) is 4.99 Å². The van der Waals surface area contributed by atoms with Crippen LogP contribution in [0.25, 0.3) is 0 Å². The fraction of sp³-hybridized carbons (Fsp3) is 0.786. The number of carbonyl (C=O) groups excluding carboxylic acids is 2. The van der Waals surface area contributed by atoms with Crippen molar-refractivity contribution in [2.75, 3.05) is 0 Å². The van der Waals surface area contributed by atoms with Gasteiger partial charge in [-0.1, -0.05) is 32.1 Å². The van der Waals surface area contributed by atoms with Crippen molar-refractivity contribution in [1.29, 1.82) is 0 Å². The van der Waals surface area contributed by atoms with Crippen LogP contribution in [0, 0.1) is 5.41 Å². The molecule has 3 rings (SSSR count). The van der Waals surface area contributed by atoms with Gasteiger partial charge in [0.25, 0.3) is 5.91 Å². The summed E-state index contributed by atoms with van der Waals surface area (Å²) in [7, 11) is 0. The SMILES string of the molecule is NC1(C2=NC(=O)C3(CCCC3)C(=O)N2)CCCCC1. The Bertz CT molecular complexity index is 444. The van der Waals surface area contributed by atoms with Crippen molar-refractivity contribution in [2.24, 2.45) is 16.1 Å². The first kappa shape index (κ1) is 12.8. The molecule has 3 N–H and O–H groups in total. The Hall–Kier alpha value is -1.23. The minimum absolute atomic E-state index is 0.171. The molecule has 104 valence electrons. The lowest BCUT2D eigenvalue weighted by atomic mass is 9.78. The predicted molar refractivity (Wildman–Crippen MR) is 71.5 cm³/mol. The summed E-state index contributed by atoms with van der Waals surface area (Å²) in [5.74, 6) is -0.0192. The lowest BCUT2D eigenvalue weighted by molar-refractivity contribution is -0.141. The van der Waals surface area contributed by atoms with Crippen LogP contribution in [0.1, 0.15) is 57.8 Å². The molecule has 0 aromatic rings. The van der Waals surface area contributed by atoms with Gasteiger partial charge in [0, 0.05) is 0 Å².